The first-order valence-electron chi connectivity index (χ1n) is 3.45. The Labute approximate surface area is 67.9 Å². The summed E-state index contributed by atoms with van der Waals surface area (Å²) in [7, 11) is 0. The number of hydrogen-bond acceptors (Lipinski definition) is 2. The summed E-state index contributed by atoms with van der Waals surface area (Å²) >= 11 is 0. The van der Waals surface area contributed by atoms with Crippen molar-refractivity contribution in [2.24, 2.45) is 11.8 Å². The third-order valence-corrected chi connectivity index (χ3v) is 1.69. The molecular weight excluding hydrogens is 169 g/mol. The van der Waals surface area contributed by atoms with E-state index in [1.807, 2.05) is 0 Å². The van der Waals surface area contributed by atoms with Crippen LogP contribution in [0.2, 0.25) is 0 Å². The average molecular weight is 178 g/mol. The minimum absolute atomic E-state index is 0.0421. The van der Waals surface area contributed by atoms with Crippen LogP contribution >= 0.6 is 0 Å². The topological polar surface area (TPSA) is 38.0 Å². The molecule has 0 heterocycles. The van der Waals surface area contributed by atoms with Crippen LogP contribution in [0, 0.1) is 5.92 Å². The number of nitrogens with two attached hydrogens (primary N) is 1. The van der Waals surface area contributed by atoms with Crippen LogP contribution in [0.5, 0.6) is 0 Å². The lowest BCUT2D eigenvalue weighted by atomic mass is 9.99. The maximum Gasteiger partial charge on any atom is 0.395 e. The van der Waals surface area contributed by atoms with Gasteiger partial charge in [0.05, 0.1) is 5.92 Å². The van der Waals surface area contributed by atoms with Crippen LogP contribution in [0.3, 0.4) is 0 Å². The molecule has 0 fully saturated rings. The molecule has 1 rings (SSSR count). The molecule has 0 aliphatic heterocycles. The Bertz CT molecular complexity index is 217. The van der Waals surface area contributed by atoms with Crippen molar-refractivity contribution in [1.82, 2.24) is 5.43 Å². The van der Waals surface area contributed by atoms with Crippen LogP contribution in [0.4, 0.5) is 13.2 Å². The van der Waals surface area contributed by atoms with Crippen LogP contribution < -0.4 is 11.3 Å². The minimum atomic E-state index is -4.15. The van der Waals surface area contributed by atoms with Gasteiger partial charge in [0.1, 0.15) is 0 Å². The SMILES string of the molecule is NNC1=CCC(C(F)(F)F)C=C1. The molecule has 1 unspecified atom stereocenters. The fourth-order valence-corrected chi connectivity index (χ4v) is 0.970. The van der Waals surface area contributed by atoms with Crippen LogP contribution in [-0.4, -0.2) is 6.18 Å². The van der Waals surface area contributed by atoms with E-state index in [1.165, 1.54) is 12.2 Å². The Morgan fingerprint density at radius 2 is 2.17 bits per heavy atom. The van der Waals surface area contributed by atoms with E-state index in [1.54, 1.807) is 0 Å². The second-order valence-electron chi connectivity index (χ2n) is 2.55. The van der Waals surface area contributed by atoms with Gasteiger partial charge in [-0.05, 0) is 12.5 Å². The lowest BCUT2D eigenvalue weighted by Gasteiger charge is -2.18. The van der Waals surface area contributed by atoms with E-state index in [9.17, 15) is 13.2 Å². The molecule has 0 aromatic carbocycles. The van der Waals surface area contributed by atoms with Crippen molar-refractivity contribution in [1.29, 1.82) is 0 Å². The molecule has 0 radical (unpaired) electrons. The van der Waals surface area contributed by atoms with Gasteiger partial charge in [-0.1, -0.05) is 12.2 Å². The molecule has 0 saturated heterocycles. The molecule has 0 bridgehead atoms. The molecule has 1 atom stereocenters. The molecule has 3 N–H and O–H groups in total. The van der Waals surface area contributed by atoms with E-state index < -0.39 is 12.1 Å². The Balaban J connectivity index is 2.60. The van der Waals surface area contributed by atoms with Crippen LogP contribution in [0.15, 0.2) is 23.9 Å². The highest BCUT2D eigenvalue weighted by atomic mass is 19.4. The van der Waals surface area contributed by atoms with Crippen molar-refractivity contribution in [2.45, 2.75) is 12.6 Å². The monoisotopic (exact) mass is 178 g/mol. The van der Waals surface area contributed by atoms with E-state index >= 15 is 0 Å². The van der Waals surface area contributed by atoms with Gasteiger partial charge in [0, 0.05) is 5.70 Å². The average Bonchev–Trinajstić information content (AvgIpc) is 2.03. The lowest BCUT2D eigenvalue weighted by Crippen LogP contribution is -2.26. The van der Waals surface area contributed by atoms with E-state index in [2.05, 4.69) is 5.43 Å². The molecule has 0 saturated carbocycles. The molecule has 5 heteroatoms. The normalized spacial score (nSPS) is 23.7. The highest BCUT2D eigenvalue weighted by Crippen LogP contribution is 2.32. The van der Waals surface area contributed by atoms with Crippen molar-refractivity contribution in [3.8, 4) is 0 Å². The van der Waals surface area contributed by atoms with Crippen LogP contribution in [0.25, 0.3) is 0 Å². The summed E-state index contributed by atoms with van der Waals surface area (Å²) in [5, 5.41) is 0. The first-order valence-corrected chi connectivity index (χ1v) is 3.45. The summed E-state index contributed by atoms with van der Waals surface area (Å²) < 4.78 is 36.1. The first kappa shape index (κ1) is 9.12. The third kappa shape index (κ3) is 2.01. The highest BCUT2D eigenvalue weighted by molar-refractivity contribution is 5.22. The van der Waals surface area contributed by atoms with Crippen molar-refractivity contribution < 1.29 is 13.2 Å². The van der Waals surface area contributed by atoms with Crippen molar-refractivity contribution in [3.63, 3.8) is 0 Å². The van der Waals surface area contributed by atoms with Gasteiger partial charge in [-0.2, -0.15) is 13.2 Å². The third-order valence-electron chi connectivity index (χ3n) is 1.69. The fraction of sp³-hybridized carbons (Fsp3) is 0.429. The Morgan fingerprint density at radius 1 is 1.50 bits per heavy atom. The van der Waals surface area contributed by atoms with E-state index in [4.69, 9.17) is 5.84 Å². The first-order chi connectivity index (χ1) is 5.54. The molecule has 2 nitrogen and oxygen atoms in total. The molecular formula is C7H9F3N2. The predicted octanol–water partition coefficient (Wildman–Crippen LogP) is 1.47. The molecule has 68 valence electrons. The molecule has 1 aliphatic rings. The molecule has 0 amide bonds. The van der Waals surface area contributed by atoms with Gasteiger partial charge >= 0.3 is 6.18 Å². The van der Waals surface area contributed by atoms with Gasteiger partial charge in [0.2, 0.25) is 0 Å². The molecule has 12 heavy (non-hydrogen) atoms. The number of allylic oxidation sites excluding steroid dienone is 3. The van der Waals surface area contributed by atoms with Gasteiger partial charge in [-0.15, -0.1) is 0 Å². The number of rotatable bonds is 1. The smallest absolute Gasteiger partial charge is 0.324 e. The van der Waals surface area contributed by atoms with Crippen molar-refractivity contribution >= 4 is 0 Å². The minimum Gasteiger partial charge on any atom is -0.324 e. The second-order valence-corrected chi connectivity index (χ2v) is 2.55. The van der Waals surface area contributed by atoms with Crippen molar-refractivity contribution in [3.05, 3.63) is 23.9 Å². The van der Waals surface area contributed by atoms with Gasteiger partial charge in [-0.3, -0.25) is 5.84 Å². The van der Waals surface area contributed by atoms with Gasteiger partial charge < -0.3 is 5.43 Å². The standard InChI is InChI=1S/C7H9F3N2/c8-7(9,10)5-1-3-6(12-11)4-2-5/h1,3-5,12H,2,11H2. The summed E-state index contributed by atoms with van der Waals surface area (Å²) in [5.74, 6) is 3.64. The predicted molar refractivity (Wildman–Crippen MR) is 38.7 cm³/mol. The number of hydrogen-bond donors (Lipinski definition) is 2. The number of hydrazine groups is 1. The maximum atomic E-state index is 12.0. The largest absolute Gasteiger partial charge is 0.395 e. The molecule has 1 aliphatic carbocycles. The number of halogens is 3. The van der Waals surface area contributed by atoms with E-state index in [-0.39, 0.29) is 6.42 Å². The van der Waals surface area contributed by atoms with Gasteiger partial charge in [0.15, 0.2) is 0 Å². The Morgan fingerprint density at radius 3 is 2.50 bits per heavy atom. The molecule has 0 aromatic heterocycles. The lowest BCUT2D eigenvalue weighted by molar-refractivity contribution is -0.160. The zero-order chi connectivity index (χ0) is 9.19. The van der Waals surface area contributed by atoms with E-state index in [0.29, 0.717) is 5.70 Å². The molecule has 0 spiro atoms. The fourth-order valence-electron chi connectivity index (χ4n) is 0.970. The van der Waals surface area contributed by atoms with Gasteiger partial charge in [0.25, 0.3) is 0 Å². The summed E-state index contributed by atoms with van der Waals surface area (Å²) in [4.78, 5) is 0. The summed E-state index contributed by atoms with van der Waals surface area (Å²) in [6.45, 7) is 0. The maximum absolute atomic E-state index is 12.0. The van der Waals surface area contributed by atoms with Gasteiger partial charge in [-0.25, -0.2) is 0 Å². The number of nitrogens with one attached hydrogen (secondary N) is 1. The number of alkyl halides is 3. The zero-order valence-corrected chi connectivity index (χ0v) is 6.23. The van der Waals surface area contributed by atoms with E-state index in [0.717, 1.165) is 6.08 Å². The van der Waals surface area contributed by atoms with Crippen molar-refractivity contribution in [2.75, 3.05) is 0 Å². The summed E-state index contributed by atoms with van der Waals surface area (Å²) in [5.41, 5.74) is 2.81. The molecule has 0 aromatic rings. The van der Waals surface area contributed by atoms with Crippen LogP contribution in [-0.2, 0) is 0 Å². The zero-order valence-electron chi connectivity index (χ0n) is 6.23. The van der Waals surface area contributed by atoms with Crippen LogP contribution in [0.1, 0.15) is 6.42 Å². The second kappa shape index (κ2) is 3.18. The summed E-state index contributed by atoms with van der Waals surface area (Å²) in [6.07, 6.45) is -0.318. The Hall–Kier alpha value is -0.970. The Kier molecular flexibility index (Phi) is 2.42. The summed E-state index contributed by atoms with van der Waals surface area (Å²) in [6, 6.07) is 0. The highest BCUT2D eigenvalue weighted by Gasteiger charge is 2.37. The quantitative estimate of drug-likeness (QED) is 0.471.